The molecule has 1 rings (SSSR count). The van der Waals surface area contributed by atoms with Crippen molar-refractivity contribution in [3.63, 3.8) is 0 Å². The Bertz CT molecular complexity index is 423. The van der Waals surface area contributed by atoms with Crippen molar-refractivity contribution >= 4 is 11.8 Å². The number of nitrogens with one attached hydrogen (secondary N) is 1. The fourth-order valence-corrected chi connectivity index (χ4v) is 2.59. The van der Waals surface area contributed by atoms with Crippen molar-refractivity contribution in [1.82, 2.24) is 25.5 Å². The predicted molar refractivity (Wildman–Crippen MR) is 80.3 cm³/mol. The van der Waals surface area contributed by atoms with Crippen molar-refractivity contribution in [3.8, 4) is 6.07 Å². The number of nitriles is 1. The zero-order valence-electron chi connectivity index (χ0n) is 12.6. The molecule has 0 spiro atoms. The molecule has 0 fully saturated rings. The van der Waals surface area contributed by atoms with Crippen LogP contribution in [0, 0.1) is 16.7 Å². The summed E-state index contributed by atoms with van der Waals surface area (Å²) in [4.78, 5) is 0. The smallest absolute Gasteiger partial charge is 0.209 e. The van der Waals surface area contributed by atoms with E-state index in [0.29, 0.717) is 0 Å². The van der Waals surface area contributed by atoms with Gasteiger partial charge in [0.2, 0.25) is 5.16 Å². The highest BCUT2D eigenvalue weighted by Crippen LogP contribution is 2.23. The van der Waals surface area contributed by atoms with Crippen molar-refractivity contribution in [2.24, 2.45) is 5.41 Å². The summed E-state index contributed by atoms with van der Waals surface area (Å²) in [7, 11) is 0. The fraction of sp³-hybridized carbons (Fsp3) is 0.846. The van der Waals surface area contributed by atoms with Crippen LogP contribution in [0.3, 0.4) is 0 Å². The fourth-order valence-electron chi connectivity index (χ4n) is 1.69. The zero-order chi connectivity index (χ0) is 14.8. The minimum Gasteiger partial charge on any atom is -0.315 e. The first kappa shape index (κ1) is 16.9. The summed E-state index contributed by atoms with van der Waals surface area (Å²) in [5.41, 5.74) is -0.210. The molecule has 0 aromatic carbocycles. The van der Waals surface area contributed by atoms with Crippen molar-refractivity contribution in [2.45, 2.75) is 51.7 Å². The monoisotopic (exact) mass is 296 g/mol. The maximum Gasteiger partial charge on any atom is 0.209 e. The molecule has 7 heteroatoms. The highest BCUT2D eigenvalue weighted by molar-refractivity contribution is 7.99. The minimum absolute atomic E-state index is 0.210. The van der Waals surface area contributed by atoms with Crippen molar-refractivity contribution < 1.29 is 0 Å². The van der Waals surface area contributed by atoms with Gasteiger partial charge in [-0.05, 0) is 43.7 Å². The lowest BCUT2D eigenvalue weighted by atomic mass is 9.89. The third kappa shape index (κ3) is 6.35. The number of unbranched alkanes of at least 4 members (excludes halogenated alkanes) is 1. The van der Waals surface area contributed by atoms with E-state index >= 15 is 0 Å². The molecule has 1 N–H and O–H groups in total. The van der Waals surface area contributed by atoms with Crippen LogP contribution in [0.1, 0.15) is 40.0 Å². The molecule has 1 aromatic heterocycles. The van der Waals surface area contributed by atoms with Crippen LogP contribution in [0.15, 0.2) is 5.16 Å². The van der Waals surface area contributed by atoms with Gasteiger partial charge < -0.3 is 5.32 Å². The number of hydrogen-bond acceptors (Lipinski definition) is 6. The van der Waals surface area contributed by atoms with E-state index in [1.54, 1.807) is 11.8 Å². The lowest BCUT2D eigenvalue weighted by Gasteiger charge is -2.13. The quantitative estimate of drug-likeness (QED) is 0.526. The van der Waals surface area contributed by atoms with E-state index in [0.717, 1.165) is 49.8 Å². The third-order valence-corrected chi connectivity index (χ3v) is 4.02. The largest absolute Gasteiger partial charge is 0.315 e. The number of aromatic nitrogens is 4. The summed E-state index contributed by atoms with van der Waals surface area (Å²) < 4.78 is 1.84. The van der Waals surface area contributed by atoms with E-state index in [2.05, 4.69) is 33.8 Å². The average molecular weight is 296 g/mol. The lowest BCUT2D eigenvalue weighted by Crippen LogP contribution is -2.20. The highest BCUT2D eigenvalue weighted by atomic mass is 32.2. The van der Waals surface area contributed by atoms with Gasteiger partial charge in [-0.3, -0.25) is 0 Å². The Labute approximate surface area is 125 Å². The topological polar surface area (TPSA) is 79.4 Å². The lowest BCUT2D eigenvalue weighted by molar-refractivity contribution is 0.433. The summed E-state index contributed by atoms with van der Waals surface area (Å²) >= 11 is 1.69. The molecular weight excluding hydrogens is 272 g/mol. The third-order valence-electron chi connectivity index (χ3n) is 2.98. The first-order chi connectivity index (χ1) is 9.59. The van der Waals surface area contributed by atoms with Crippen molar-refractivity contribution in [2.75, 3.05) is 18.8 Å². The number of tetrazole rings is 1. The summed E-state index contributed by atoms with van der Waals surface area (Å²) in [6.45, 7) is 8.69. The number of likely N-dealkylation sites (N-methyl/N-ethyl adjacent to an activating group) is 1. The Kier molecular flexibility index (Phi) is 7.55. The number of rotatable bonds is 10. The first-order valence-electron chi connectivity index (χ1n) is 7.10. The molecule has 112 valence electrons. The standard InChI is InChI=1S/C13H24N6S/c1-4-15-8-9-19-12(16-17-18-19)20-10-6-5-7-13(2,3)11-14/h15H,4-10H2,1-3H3. The molecule has 1 aromatic rings. The van der Waals surface area contributed by atoms with Gasteiger partial charge in [0.1, 0.15) is 0 Å². The van der Waals surface area contributed by atoms with Crippen LogP contribution in [0.5, 0.6) is 0 Å². The van der Waals surface area contributed by atoms with Gasteiger partial charge in [0, 0.05) is 12.3 Å². The first-order valence-corrected chi connectivity index (χ1v) is 8.08. The molecule has 0 unspecified atom stereocenters. The predicted octanol–water partition coefficient (Wildman–Crippen LogP) is 2.09. The maximum atomic E-state index is 8.95. The Morgan fingerprint density at radius 3 is 2.90 bits per heavy atom. The zero-order valence-corrected chi connectivity index (χ0v) is 13.4. The second kappa shape index (κ2) is 8.93. The van der Waals surface area contributed by atoms with Gasteiger partial charge in [-0.15, -0.1) is 5.10 Å². The van der Waals surface area contributed by atoms with Crippen LogP contribution in [0.4, 0.5) is 0 Å². The van der Waals surface area contributed by atoms with Gasteiger partial charge in [0.05, 0.1) is 18.0 Å². The van der Waals surface area contributed by atoms with Crippen LogP contribution in [0.25, 0.3) is 0 Å². The molecule has 0 radical (unpaired) electrons. The second-order valence-electron chi connectivity index (χ2n) is 5.34. The molecule has 0 bridgehead atoms. The number of thioether (sulfide) groups is 1. The molecule has 0 saturated heterocycles. The van der Waals surface area contributed by atoms with E-state index in [4.69, 9.17) is 5.26 Å². The van der Waals surface area contributed by atoms with Gasteiger partial charge in [0.15, 0.2) is 0 Å². The summed E-state index contributed by atoms with van der Waals surface area (Å²) in [5.74, 6) is 0.989. The SMILES string of the molecule is CCNCCn1nnnc1SCCCCC(C)(C)C#N. The normalized spacial score (nSPS) is 11.5. The highest BCUT2D eigenvalue weighted by Gasteiger charge is 2.15. The molecule has 0 aliphatic heterocycles. The summed E-state index contributed by atoms with van der Waals surface area (Å²) in [5, 5.41) is 24.8. The summed E-state index contributed by atoms with van der Waals surface area (Å²) in [6, 6.07) is 2.33. The van der Waals surface area contributed by atoms with Gasteiger partial charge in [-0.25, -0.2) is 4.68 Å². The minimum atomic E-state index is -0.210. The molecule has 0 amide bonds. The summed E-state index contributed by atoms with van der Waals surface area (Å²) in [6.07, 6.45) is 3.08. The van der Waals surface area contributed by atoms with Crippen LogP contribution < -0.4 is 5.32 Å². The molecule has 0 atom stereocenters. The van der Waals surface area contributed by atoms with Crippen LogP contribution in [0.2, 0.25) is 0 Å². The Morgan fingerprint density at radius 1 is 1.40 bits per heavy atom. The van der Waals surface area contributed by atoms with E-state index in [1.165, 1.54) is 0 Å². The maximum absolute atomic E-state index is 8.95. The molecule has 20 heavy (non-hydrogen) atoms. The van der Waals surface area contributed by atoms with E-state index in [-0.39, 0.29) is 5.41 Å². The van der Waals surface area contributed by atoms with Gasteiger partial charge >= 0.3 is 0 Å². The Balaban J connectivity index is 2.22. The van der Waals surface area contributed by atoms with Gasteiger partial charge in [-0.2, -0.15) is 5.26 Å². The Morgan fingerprint density at radius 2 is 2.20 bits per heavy atom. The molecule has 6 nitrogen and oxygen atoms in total. The van der Waals surface area contributed by atoms with E-state index in [1.807, 2.05) is 18.5 Å². The molecule has 0 aliphatic rings. The van der Waals surface area contributed by atoms with Gasteiger partial charge in [0.25, 0.3) is 0 Å². The average Bonchev–Trinajstić information content (AvgIpc) is 2.86. The van der Waals surface area contributed by atoms with Crippen molar-refractivity contribution in [3.05, 3.63) is 0 Å². The Hall–Kier alpha value is -1.13. The molecule has 0 saturated carbocycles. The molecule has 1 heterocycles. The van der Waals surface area contributed by atoms with Crippen LogP contribution in [-0.4, -0.2) is 39.0 Å². The number of hydrogen-bond donors (Lipinski definition) is 1. The van der Waals surface area contributed by atoms with E-state index in [9.17, 15) is 0 Å². The van der Waals surface area contributed by atoms with Crippen LogP contribution >= 0.6 is 11.8 Å². The van der Waals surface area contributed by atoms with Crippen LogP contribution in [-0.2, 0) is 6.54 Å². The van der Waals surface area contributed by atoms with Gasteiger partial charge in [-0.1, -0.05) is 25.1 Å². The number of nitrogens with zero attached hydrogens (tertiary/aromatic N) is 5. The molecular formula is C13H24N6S. The van der Waals surface area contributed by atoms with E-state index < -0.39 is 0 Å². The van der Waals surface area contributed by atoms with Crippen molar-refractivity contribution in [1.29, 1.82) is 5.26 Å². The molecule has 0 aliphatic carbocycles. The second-order valence-corrected chi connectivity index (χ2v) is 6.40.